The zero-order valence-electron chi connectivity index (χ0n) is 20.3. The van der Waals surface area contributed by atoms with E-state index < -0.39 is 0 Å². The topological polar surface area (TPSA) is 81.1 Å². The second-order valence-corrected chi connectivity index (χ2v) is 9.63. The number of benzene rings is 2. The zero-order valence-corrected chi connectivity index (χ0v) is 21.1. The molecule has 4 rings (SSSR count). The zero-order chi connectivity index (χ0) is 24.8. The molecule has 35 heavy (non-hydrogen) atoms. The molecule has 8 heteroatoms. The third kappa shape index (κ3) is 6.42. The van der Waals surface area contributed by atoms with Gasteiger partial charge in [-0.05, 0) is 66.1 Å². The van der Waals surface area contributed by atoms with Crippen molar-refractivity contribution in [2.45, 2.75) is 32.6 Å². The van der Waals surface area contributed by atoms with Gasteiger partial charge in [-0.3, -0.25) is 10.3 Å². The summed E-state index contributed by atoms with van der Waals surface area (Å²) in [6, 6.07) is 21.0. The third-order valence-corrected chi connectivity index (χ3v) is 5.71. The van der Waals surface area contributed by atoms with Crippen LogP contribution in [0.2, 0.25) is 0 Å². The molecule has 0 aliphatic rings. The average Bonchev–Trinajstić information content (AvgIpc) is 3.26. The highest BCUT2D eigenvalue weighted by atomic mass is 32.2. The molecule has 2 aromatic carbocycles. The van der Waals surface area contributed by atoms with Crippen LogP contribution in [0.5, 0.6) is 5.75 Å². The first-order valence-electron chi connectivity index (χ1n) is 11.3. The maximum Gasteiger partial charge on any atom is 0.324 e. The summed E-state index contributed by atoms with van der Waals surface area (Å²) in [6.45, 7) is 6.27. The van der Waals surface area contributed by atoms with Crippen LogP contribution in [-0.2, 0) is 11.8 Å². The summed E-state index contributed by atoms with van der Waals surface area (Å²) in [5, 5.41) is 10.6. The predicted octanol–water partition coefficient (Wildman–Crippen LogP) is 6.46. The molecule has 0 unspecified atom stereocenters. The Kier molecular flexibility index (Phi) is 7.41. The summed E-state index contributed by atoms with van der Waals surface area (Å²) in [4.78, 5) is 16.9. The maximum absolute atomic E-state index is 12.8. The predicted molar refractivity (Wildman–Crippen MR) is 143 cm³/mol. The molecule has 0 atom stereocenters. The molecule has 2 amide bonds. The molecule has 4 aromatic rings. The summed E-state index contributed by atoms with van der Waals surface area (Å²) in [6.07, 6.45) is 6.26. The van der Waals surface area contributed by atoms with Crippen molar-refractivity contribution >= 4 is 29.6 Å². The lowest BCUT2D eigenvalue weighted by atomic mass is 9.92. The molecular weight excluding hydrogens is 458 g/mol. The molecular formula is C27H29N5O2S. The van der Waals surface area contributed by atoms with E-state index in [0.717, 1.165) is 29.1 Å². The van der Waals surface area contributed by atoms with Crippen molar-refractivity contribution < 1.29 is 8.98 Å². The molecule has 0 saturated carbocycles. The molecule has 0 fully saturated rings. The lowest BCUT2D eigenvalue weighted by Gasteiger charge is -2.14. The Morgan fingerprint density at radius 2 is 1.60 bits per heavy atom. The van der Waals surface area contributed by atoms with Gasteiger partial charge in [0, 0.05) is 35.8 Å². The Morgan fingerprint density at radius 3 is 2.23 bits per heavy atom. The lowest BCUT2D eigenvalue weighted by molar-refractivity contribution is 0.262. The number of urea groups is 1. The first-order valence-corrected chi connectivity index (χ1v) is 12.4. The highest BCUT2D eigenvalue weighted by Crippen LogP contribution is 2.27. The van der Waals surface area contributed by atoms with Gasteiger partial charge in [0.1, 0.15) is 11.6 Å². The standard InChI is InChI=1S/C27H29N5O2S/c1-27(2,3)24-18-25(32(31-24)22-9-11-23(12-10-22)34-35-4)30-26(33)29-21-7-5-19(6-8-21)17-20-13-15-28-16-14-20/h5-16,18H,17H2,1-4H3,(H2,29,30,33). The lowest BCUT2D eigenvalue weighted by Crippen LogP contribution is -2.21. The van der Waals surface area contributed by atoms with E-state index in [1.54, 1.807) is 17.1 Å². The van der Waals surface area contributed by atoms with E-state index in [1.807, 2.05) is 73.0 Å². The smallest absolute Gasteiger partial charge is 0.324 e. The number of nitrogens with zero attached hydrogens (tertiary/aromatic N) is 3. The van der Waals surface area contributed by atoms with Crippen molar-refractivity contribution in [3.8, 4) is 11.4 Å². The van der Waals surface area contributed by atoms with Crippen molar-refractivity contribution in [2.75, 3.05) is 16.9 Å². The van der Waals surface area contributed by atoms with Crippen LogP contribution in [0.1, 0.15) is 37.6 Å². The highest BCUT2D eigenvalue weighted by molar-refractivity contribution is 7.94. The average molecular weight is 488 g/mol. The molecule has 0 radical (unpaired) electrons. The van der Waals surface area contributed by atoms with E-state index in [-0.39, 0.29) is 11.4 Å². The fraction of sp³-hybridized carbons (Fsp3) is 0.222. The van der Waals surface area contributed by atoms with Crippen molar-refractivity contribution in [1.29, 1.82) is 0 Å². The third-order valence-electron chi connectivity index (χ3n) is 5.35. The molecule has 2 N–H and O–H groups in total. The number of rotatable bonds is 7. The van der Waals surface area contributed by atoms with Gasteiger partial charge >= 0.3 is 6.03 Å². The maximum atomic E-state index is 12.8. The van der Waals surface area contributed by atoms with Crippen molar-refractivity contribution in [3.63, 3.8) is 0 Å². The minimum Gasteiger partial charge on any atom is -0.426 e. The number of pyridine rings is 1. The first kappa shape index (κ1) is 24.3. The Balaban J connectivity index is 1.48. The van der Waals surface area contributed by atoms with Crippen LogP contribution in [0, 0.1) is 0 Å². The number of anilines is 2. The van der Waals surface area contributed by atoms with Gasteiger partial charge < -0.3 is 9.50 Å². The molecule has 2 aromatic heterocycles. The van der Waals surface area contributed by atoms with Gasteiger partial charge in [-0.25, -0.2) is 9.48 Å². The fourth-order valence-electron chi connectivity index (χ4n) is 3.49. The molecule has 7 nitrogen and oxygen atoms in total. The number of carbonyl (C=O) groups is 1. The van der Waals surface area contributed by atoms with Gasteiger partial charge in [-0.1, -0.05) is 32.9 Å². The quantitative estimate of drug-likeness (QED) is 0.293. The summed E-state index contributed by atoms with van der Waals surface area (Å²) < 4.78 is 7.20. The van der Waals surface area contributed by atoms with Gasteiger partial charge in [-0.2, -0.15) is 5.10 Å². The van der Waals surface area contributed by atoms with Crippen LogP contribution < -0.4 is 14.8 Å². The fourth-order valence-corrected chi connectivity index (χ4v) is 3.80. The van der Waals surface area contributed by atoms with Crippen LogP contribution in [0.3, 0.4) is 0 Å². The van der Waals surface area contributed by atoms with Crippen molar-refractivity contribution in [2.24, 2.45) is 0 Å². The second-order valence-electron chi connectivity index (χ2n) is 9.13. The van der Waals surface area contributed by atoms with Crippen LogP contribution in [-0.4, -0.2) is 27.1 Å². The number of nitrogens with one attached hydrogen (secondary N) is 2. The summed E-state index contributed by atoms with van der Waals surface area (Å²) in [5.41, 5.74) is 4.58. The van der Waals surface area contributed by atoms with Gasteiger partial charge in [0.05, 0.1) is 23.4 Å². The molecule has 2 heterocycles. The summed E-state index contributed by atoms with van der Waals surface area (Å²) in [5.74, 6) is 1.34. The van der Waals surface area contributed by atoms with E-state index in [0.29, 0.717) is 11.5 Å². The molecule has 0 spiro atoms. The molecule has 180 valence electrons. The molecule has 0 aliphatic heterocycles. The van der Waals surface area contributed by atoms with Gasteiger partial charge in [0.25, 0.3) is 0 Å². The number of hydrogen-bond acceptors (Lipinski definition) is 5. The van der Waals surface area contributed by atoms with E-state index in [1.165, 1.54) is 17.6 Å². The van der Waals surface area contributed by atoms with Gasteiger partial charge in [0.15, 0.2) is 0 Å². The van der Waals surface area contributed by atoms with E-state index in [4.69, 9.17) is 9.28 Å². The monoisotopic (exact) mass is 487 g/mol. The van der Waals surface area contributed by atoms with Crippen LogP contribution in [0.25, 0.3) is 5.69 Å². The Hall–Kier alpha value is -3.78. The van der Waals surface area contributed by atoms with Gasteiger partial charge in [-0.15, -0.1) is 0 Å². The molecule has 0 bridgehead atoms. The SMILES string of the molecule is CSOc1ccc(-n2nc(C(C)(C)C)cc2NC(=O)Nc2ccc(Cc3ccncc3)cc2)cc1. The largest absolute Gasteiger partial charge is 0.426 e. The van der Waals surface area contributed by atoms with Crippen LogP contribution in [0.4, 0.5) is 16.3 Å². The number of amides is 2. The Morgan fingerprint density at radius 1 is 0.943 bits per heavy atom. The number of hydrogen-bond donors (Lipinski definition) is 2. The number of carbonyl (C=O) groups excluding carboxylic acids is 1. The number of aromatic nitrogens is 3. The summed E-state index contributed by atoms with van der Waals surface area (Å²) >= 11 is 1.29. The normalized spacial score (nSPS) is 11.2. The minimum atomic E-state index is -0.337. The second kappa shape index (κ2) is 10.7. The molecule has 0 aliphatic carbocycles. The van der Waals surface area contributed by atoms with E-state index >= 15 is 0 Å². The van der Waals surface area contributed by atoms with Crippen LogP contribution in [0.15, 0.2) is 79.1 Å². The van der Waals surface area contributed by atoms with E-state index in [2.05, 4.69) is 36.4 Å². The van der Waals surface area contributed by atoms with Crippen molar-refractivity contribution in [3.05, 3.63) is 95.9 Å². The Labute approximate surface area is 210 Å². The summed E-state index contributed by atoms with van der Waals surface area (Å²) in [7, 11) is 0. The molecule has 0 saturated heterocycles. The Bertz CT molecular complexity index is 1260. The van der Waals surface area contributed by atoms with E-state index in [9.17, 15) is 4.79 Å². The minimum absolute atomic E-state index is 0.176. The van der Waals surface area contributed by atoms with Crippen molar-refractivity contribution in [1.82, 2.24) is 14.8 Å². The highest BCUT2D eigenvalue weighted by Gasteiger charge is 2.21. The first-order chi connectivity index (χ1) is 16.8. The van der Waals surface area contributed by atoms with Crippen LogP contribution >= 0.6 is 12.0 Å². The van der Waals surface area contributed by atoms with Gasteiger partial charge in [0.2, 0.25) is 0 Å².